The lowest BCUT2D eigenvalue weighted by Crippen LogP contribution is -2.40. The van der Waals surface area contributed by atoms with Crippen LogP contribution in [0.5, 0.6) is 5.88 Å². The number of nitrogens with zero attached hydrogens (tertiary/aromatic N) is 4. The number of hydrogen-bond donors (Lipinski definition) is 1. The Morgan fingerprint density at radius 2 is 1.90 bits per heavy atom. The maximum atomic E-state index is 13.7. The third-order valence-corrected chi connectivity index (χ3v) is 11.9. The van der Waals surface area contributed by atoms with Crippen LogP contribution in [0.4, 0.5) is 5.82 Å². The van der Waals surface area contributed by atoms with Gasteiger partial charge in [0.25, 0.3) is 5.91 Å². The Balaban J connectivity index is 1.38. The number of ether oxygens (including phenoxy) is 1. The number of aromatic nitrogens is 3. The SMILES string of the molecule is CCC1(CCOc2ccn(-c3ccc(C(=O)NSc4ccccc4[Si](C)(C)C)c(N4C[C@@H](C)CC4(C)C)n3)n2)CC1. The van der Waals surface area contributed by atoms with E-state index in [2.05, 4.69) is 80.3 Å². The molecule has 1 aliphatic carbocycles. The molecule has 0 spiro atoms. The van der Waals surface area contributed by atoms with E-state index in [1.165, 1.54) is 36.4 Å². The molecular formula is C32H45N5O2SSi. The van der Waals surface area contributed by atoms with Crippen LogP contribution >= 0.6 is 11.9 Å². The summed E-state index contributed by atoms with van der Waals surface area (Å²) in [5.74, 6) is 2.34. The number of rotatable bonds is 11. The van der Waals surface area contributed by atoms with E-state index in [4.69, 9.17) is 9.72 Å². The van der Waals surface area contributed by atoms with Crippen LogP contribution in [-0.2, 0) is 0 Å². The summed E-state index contributed by atoms with van der Waals surface area (Å²) in [6, 6.07) is 14.0. The molecule has 220 valence electrons. The molecule has 1 N–H and O–H groups in total. The maximum Gasteiger partial charge on any atom is 0.265 e. The topological polar surface area (TPSA) is 72.3 Å². The van der Waals surface area contributed by atoms with E-state index in [0.29, 0.717) is 41.0 Å². The highest BCUT2D eigenvalue weighted by Gasteiger charge is 2.40. The zero-order valence-corrected chi connectivity index (χ0v) is 27.5. The Labute approximate surface area is 250 Å². The van der Waals surface area contributed by atoms with E-state index in [0.717, 1.165) is 24.3 Å². The highest BCUT2D eigenvalue weighted by molar-refractivity contribution is 7.98. The van der Waals surface area contributed by atoms with Crippen molar-refractivity contribution in [3.8, 4) is 11.7 Å². The van der Waals surface area contributed by atoms with Crippen molar-refractivity contribution in [3.05, 3.63) is 54.2 Å². The zero-order valence-electron chi connectivity index (χ0n) is 25.7. The molecule has 0 bridgehead atoms. The highest BCUT2D eigenvalue weighted by atomic mass is 32.2. The lowest BCUT2D eigenvalue weighted by molar-refractivity contribution is 0.0984. The van der Waals surface area contributed by atoms with Crippen molar-refractivity contribution in [1.29, 1.82) is 0 Å². The number of carbonyl (C=O) groups excluding carboxylic acids is 1. The first-order valence-corrected chi connectivity index (χ1v) is 19.3. The summed E-state index contributed by atoms with van der Waals surface area (Å²) in [5, 5.41) is 6.00. The Morgan fingerprint density at radius 1 is 1.15 bits per heavy atom. The highest BCUT2D eigenvalue weighted by Crippen LogP contribution is 2.51. The molecule has 1 aromatic carbocycles. The summed E-state index contributed by atoms with van der Waals surface area (Å²) in [6.45, 7) is 17.5. The molecule has 2 fully saturated rings. The predicted octanol–water partition coefficient (Wildman–Crippen LogP) is 6.83. The third-order valence-electron chi connectivity index (χ3n) is 8.77. The number of hydrogen-bond acceptors (Lipinski definition) is 6. The Kier molecular flexibility index (Phi) is 8.31. The molecule has 3 aromatic rings. The first-order valence-electron chi connectivity index (χ1n) is 15.0. The van der Waals surface area contributed by atoms with Crippen molar-refractivity contribution in [1.82, 2.24) is 19.5 Å². The van der Waals surface area contributed by atoms with Gasteiger partial charge in [-0.25, -0.2) is 9.67 Å². The lowest BCUT2D eigenvalue weighted by atomic mass is 9.97. The molecule has 41 heavy (non-hydrogen) atoms. The van der Waals surface area contributed by atoms with Crippen LogP contribution in [0.15, 0.2) is 53.6 Å². The number of anilines is 1. The number of nitrogens with one attached hydrogen (secondary N) is 1. The van der Waals surface area contributed by atoms with Crippen molar-refractivity contribution < 1.29 is 9.53 Å². The van der Waals surface area contributed by atoms with Gasteiger partial charge in [-0.2, -0.15) is 0 Å². The largest absolute Gasteiger partial charge is 0.477 e. The molecule has 1 atom stereocenters. The fourth-order valence-electron chi connectivity index (χ4n) is 6.08. The summed E-state index contributed by atoms with van der Waals surface area (Å²) < 4.78 is 10.9. The molecule has 0 radical (unpaired) electrons. The Hall–Kier alpha value is -2.78. The molecule has 0 unspecified atom stereocenters. The standard InChI is InChI=1S/C32H45N5O2SSi/c1-8-32(16-17-32)18-20-39-28-15-19-37(34-28)27-14-13-24(29(33-27)36-22-23(2)21-31(36,3)4)30(38)35-40-25-11-9-10-12-26(25)41(5,6)7/h9-15,19,23H,8,16-18,20-22H2,1-7H3,(H,35,38)/t23-/m0/s1. The first-order chi connectivity index (χ1) is 19.4. The molecule has 1 saturated carbocycles. The van der Waals surface area contributed by atoms with E-state index in [-0.39, 0.29) is 11.4 Å². The van der Waals surface area contributed by atoms with E-state index in [9.17, 15) is 4.79 Å². The molecule has 1 aliphatic heterocycles. The van der Waals surface area contributed by atoms with Crippen LogP contribution in [0.25, 0.3) is 5.82 Å². The molecule has 2 aromatic heterocycles. The maximum absolute atomic E-state index is 13.7. The fourth-order valence-corrected chi connectivity index (χ4v) is 9.21. The minimum Gasteiger partial charge on any atom is -0.477 e. The molecule has 5 rings (SSSR count). The summed E-state index contributed by atoms with van der Waals surface area (Å²) >= 11 is 1.40. The number of benzene rings is 1. The summed E-state index contributed by atoms with van der Waals surface area (Å²) in [4.78, 5) is 22.1. The molecular weight excluding hydrogens is 547 g/mol. The second kappa shape index (κ2) is 11.5. The van der Waals surface area contributed by atoms with Crippen molar-refractivity contribution in [2.45, 2.75) is 89.9 Å². The smallest absolute Gasteiger partial charge is 0.265 e. The minimum atomic E-state index is -1.56. The van der Waals surface area contributed by atoms with Crippen LogP contribution in [0.2, 0.25) is 19.6 Å². The monoisotopic (exact) mass is 591 g/mol. The molecule has 1 saturated heterocycles. The predicted molar refractivity (Wildman–Crippen MR) is 171 cm³/mol. The van der Waals surface area contributed by atoms with Gasteiger partial charge in [0.2, 0.25) is 5.88 Å². The van der Waals surface area contributed by atoms with Crippen LogP contribution < -0.4 is 19.5 Å². The van der Waals surface area contributed by atoms with Crippen molar-refractivity contribution in [2.75, 3.05) is 18.1 Å². The van der Waals surface area contributed by atoms with Crippen LogP contribution in [0.1, 0.15) is 70.2 Å². The normalized spacial score (nSPS) is 19.3. The van der Waals surface area contributed by atoms with E-state index in [1.54, 1.807) is 4.68 Å². The van der Waals surface area contributed by atoms with E-state index >= 15 is 0 Å². The third kappa shape index (κ3) is 6.67. The molecule has 1 amide bonds. The summed E-state index contributed by atoms with van der Waals surface area (Å²) in [7, 11) is -1.56. The number of pyridine rings is 1. The lowest BCUT2D eigenvalue weighted by Gasteiger charge is -2.34. The summed E-state index contributed by atoms with van der Waals surface area (Å²) in [6.07, 6.45) is 7.83. The average molecular weight is 592 g/mol. The Morgan fingerprint density at radius 3 is 2.56 bits per heavy atom. The zero-order chi connectivity index (χ0) is 29.4. The molecule has 3 heterocycles. The molecule has 7 nitrogen and oxygen atoms in total. The van der Waals surface area contributed by atoms with Crippen molar-refractivity contribution in [3.63, 3.8) is 0 Å². The minimum absolute atomic E-state index is 0.117. The quantitative estimate of drug-likeness (QED) is 0.195. The van der Waals surface area contributed by atoms with Crippen LogP contribution in [0, 0.1) is 11.3 Å². The van der Waals surface area contributed by atoms with Gasteiger partial charge in [-0.15, -0.1) is 5.10 Å². The van der Waals surface area contributed by atoms with Gasteiger partial charge in [0, 0.05) is 29.2 Å². The van der Waals surface area contributed by atoms with Gasteiger partial charge in [-0.3, -0.25) is 9.52 Å². The first kappa shape index (κ1) is 29.7. The average Bonchev–Trinajstić information content (AvgIpc) is 3.45. The number of carbonyl (C=O) groups is 1. The second-order valence-corrected chi connectivity index (χ2v) is 19.5. The fraction of sp³-hybridized carbons (Fsp3) is 0.531. The van der Waals surface area contributed by atoms with Gasteiger partial charge in [-0.05, 0) is 86.2 Å². The van der Waals surface area contributed by atoms with Gasteiger partial charge >= 0.3 is 0 Å². The van der Waals surface area contributed by atoms with Gasteiger partial charge in [0.05, 0.1) is 20.2 Å². The van der Waals surface area contributed by atoms with Gasteiger partial charge in [0.15, 0.2) is 5.82 Å². The second-order valence-electron chi connectivity index (χ2n) is 13.6. The van der Waals surface area contributed by atoms with Crippen molar-refractivity contribution >= 4 is 36.9 Å². The van der Waals surface area contributed by atoms with Crippen molar-refractivity contribution in [2.24, 2.45) is 11.3 Å². The van der Waals surface area contributed by atoms with Gasteiger partial charge in [-0.1, -0.05) is 58.1 Å². The van der Waals surface area contributed by atoms with Gasteiger partial charge < -0.3 is 9.64 Å². The van der Waals surface area contributed by atoms with E-state index < -0.39 is 8.07 Å². The summed E-state index contributed by atoms with van der Waals surface area (Å²) in [5.41, 5.74) is 0.949. The molecule has 2 aliphatic rings. The van der Waals surface area contributed by atoms with Crippen LogP contribution in [0.3, 0.4) is 0 Å². The van der Waals surface area contributed by atoms with Crippen LogP contribution in [-0.4, -0.2) is 47.4 Å². The molecule has 9 heteroatoms. The Bertz CT molecular complexity index is 1390. The number of amides is 1. The van der Waals surface area contributed by atoms with E-state index in [1.807, 2.05) is 30.5 Å². The van der Waals surface area contributed by atoms with Gasteiger partial charge in [0.1, 0.15) is 5.82 Å².